The van der Waals surface area contributed by atoms with Crippen LogP contribution < -0.4 is 5.32 Å². The Kier molecular flexibility index (Phi) is 3.39. The lowest BCUT2D eigenvalue weighted by Gasteiger charge is -2.07. The number of amides is 1. The predicted molar refractivity (Wildman–Crippen MR) is 78.8 cm³/mol. The van der Waals surface area contributed by atoms with Crippen LogP contribution in [0.25, 0.3) is 11.0 Å². The molecule has 0 spiro atoms. The Labute approximate surface area is 121 Å². The van der Waals surface area contributed by atoms with E-state index in [-0.39, 0.29) is 18.5 Å². The largest absolute Gasteiger partial charge is 0.323 e. The molecule has 0 aliphatic rings. The Hall–Kier alpha value is -2.70. The molecule has 3 rings (SSSR count). The fourth-order valence-corrected chi connectivity index (χ4v) is 2.13. The van der Waals surface area contributed by atoms with Gasteiger partial charge in [-0.05, 0) is 26.0 Å². The zero-order chi connectivity index (χ0) is 14.8. The molecule has 3 aromatic heterocycles. The van der Waals surface area contributed by atoms with E-state index in [1.165, 1.54) is 0 Å². The van der Waals surface area contributed by atoms with Gasteiger partial charge in [0, 0.05) is 23.8 Å². The number of aromatic nitrogens is 5. The highest BCUT2D eigenvalue weighted by molar-refractivity contribution is 5.92. The van der Waals surface area contributed by atoms with Gasteiger partial charge < -0.3 is 5.32 Å². The Morgan fingerprint density at radius 2 is 2.19 bits per heavy atom. The van der Waals surface area contributed by atoms with Crippen LogP contribution in [0.4, 0.5) is 5.69 Å². The number of hydrogen-bond acceptors (Lipinski definition) is 4. The molecule has 1 amide bonds. The van der Waals surface area contributed by atoms with E-state index in [9.17, 15) is 4.79 Å². The maximum Gasteiger partial charge on any atom is 0.246 e. The molecule has 0 saturated carbocycles. The third-order valence-electron chi connectivity index (χ3n) is 3.07. The van der Waals surface area contributed by atoms with Crippen LogP contribution in [0.1, 0.15) is 19.9 Å². The SMILES string of the molecule is CC(C)n1ncc2cc(NC(=O)Cn3cccn3)cnc21. The first-order valence-electron chi connectivity index (χ1n) is 6.74. The van der Waals surface area contributed by atoms with Crippen LogP contribution in [-0.4, -0.2) is 30.5 Å². The topological polar surface area (TPSA) is 77.6 Å². The number of pyridine rings is 1. The quantitative estimate of drug-likeness (QED) is 0.793. The summed E-state index contributed by atoms with van der Waals surface area (Å²) in [5, 5.41) is 12.0. The van der Waals surface area contributed by atoms with Gasteiger partial charge in [0.2, 0.25) is 5.91 Å². The summed E-state index contributed by atoms with van der Waals surface area (Å²) in [6.07, 6.45) is 6.78. The molecule has 3 aromatic rings. The van der Waals surface area contributed by atoms with E-state index in [4.69, 9.17) is 0 Å². The van der Waals surface area contributed by atoms with E-state index in [0.29, 0.717) is 5.69 Å². The number of nitrogens with one attached hydrogen (secondary N) is 1. The molecule has 21 heavy (non-hydrogen) atoms. The fraction of sp³-hybridized carbons (Fsp3) is 0.286. The molecule has 0 aliphatic heterocycles. The van der Waals surface area contributed by atoms with Crippen LogP contribution in [0.2, 0.25) is 0 Å². The van der Waals surface area contributed by atoms with Crippen LogP contribution in [0.15, 0.2) is 36.9 Å². The average molecular weight is 284 g/mol. The molecular formula is C14H16N6O. The second kappa shape index (κ2) is 5.35. The monoisotopic (exact) mass is 284 g/mol. The summed E-state index contributed by atoms with van der Waals surface area (Å²) >= 11 is 0. The van der Waals surface area contributed by atoms with Crippen molar-refractivity contribution in [2.75, 3.05) is 5.32 Å². The van der Waals surface area contributed by atoms with Gasteiger partial charge in [-0.25, -0.2) is 9.67 Å². The zero-order valence-electron chi connectivity index (χ0n) is 11.9. The van der Waals surface area contributed by atoms with E-state index < -0.39 is 0 Å². The van der Waals surface area contributed by atoms with Crippen molar-refractivity contribution in [1.82, 2.24) is 24.5 Å². The molecule has 0 aliphatic carbocycles. The third kappa shape index (κ3) is 2.76. The molecule has 0 aromatic carbocycles. The van der Waals surface area contributed by atoms with Crippen molar-refractivity contribution in [1.29, 1.82) is 0 Å². The highest BCUT2D eigenvalue weighted by Gasteiger charge is 2.09. The van der Waals surface area contributed by atoms with Crippen LogP contribution in [0.5, 0.6) is 0 Å². The average Bonchev–Trinajstić information content (AvgIpc) is 3.06. The number of hydrogen-bond donors (Lipinski definition) is 1. The van der Waals surface area contributed by atoms with Crippen LogP contribution >= 0.6 is 0 Å². The van der Waals surface area contributed by atoms with Gasteiger partial charge in [0.25, 0.3) is 0 Å². The molecular weight excluding hydrogens is 268 g/mol. The number of carbonyl (C=O) groups is 1. The van der Waals surface area contributed by atoms with Crippen molar-refractivity contribution < 1.29 is 4.79 Å². The number of anilines is 1. The smallest absolute Gasteiger partial charge is 0.246 e. The molecule has 0 fully saturated rings. The van der Waals surface area contributed by atoms with Crippen molar-refractivity contribution in [3.05, 3.63) is 36.9 Å². The molecule has 3 heterocycles. The zero-order valence-corrected chi connectivity index (χ0v) is 11.9. The minimum Gasteiger partial charge on any atom is -0.323 e. The van der Waals surface area contributed by atoms with Crippen molar-refractivity contribution in [2.24, 2.45) is 0 Å². The number of carbonyl (C=O) groups excluding carboxylic acids is 1. The summed E-state index contributed by atoms with van der Waals surface area (Å²) in [6, 6.07) is 3.89. The second-order valence-electron chi connectivity index (χ2n) is 5.07. The minimum atomic E-state index is -0.142. The Morgan fingerprint density at radius 1 is 1.33 bits per heavy atom. The van der Waals surface area contributed by atoms with Gasteiger partial charge in [0.05, 0.1) is 18.1 Å². The Balaban J connectivity index is 1.77. The van der Waals surface area contributed by atoms with Crippen molar-refractivity contribution in [2.45, 2.75) is 26.4 Å². The predicted octanol–water partition coefficient (Wildman–Crippen LogP) is 1.85. The van der Waals surface area contributed by atoms with E-state index >= 15 is 0 Å². The summed E-state index contributed by atoms with van der Waals surface area (Å²) in [5.41, 5.74) is 1.47. The molecule has 0 radical (unpaired) electrons. The Morgan fingerprint density at radius 3 is 2.90 bits per heavy atom. The van der Waals surface area contributed by atoms with E-state index in [1.54, 1.807) is 35.5 Å². The maximum atomic E-state index is 11.9. The normalized spacial score (nSPS) is 11.2. The van der Waals surface area contributed by atoms with Gasteiger partial charge in [-0.3, -0.25) is 9.48 Å². The maximum absolute atomic E-state index is 11.9. The summed E-state index contributed by atoms with van der Waals surface area (Å²) in [4.78, 5) is 16.3. The third-order valence-corrected chi connectivity index (χ3v) is 3.07. The highest BCUT2D eigenvalue weighted by atomic mass is 16.2. The summed E-state index contributed by atoms with van der Waals surface area (Å²) in [5.74, 6) is -0.142. The molecule has 0 bridgehead atoms. The van der Waals surface area contributed by atoms with Crippen LogP contribution in [0, 0.1) is 0 Å². The lowest BCUT2D eigenvalue weighted by atomic mass is 10.3. The van der Waals surface area contributed by atoms with Crippen molar-refractivity contribution in [3.63, 3.8) is 0 Å². The lowest BCUT2D eigenvalue weighted by Crippen LogP contribution is -2.19. The van der Waals surface area contributed by atoms with Crippen LogP contribution in [-0.2, 0) is 11.3 Å². The molecule has 0 unspecified atom stereocenters. The van der Waals surface area contributed by atoms with Crippen LogP contribution in [0.3, 0.4) is 0 Å². The molecule has 7 nitrogen and oxygen atoms in total. The Bertz CT molecular complexity index is 759. The molecule has 7 heteroatoms. The number of rotatable bonds is 4. The van der Waals surface area contributed by atoms with E-state index in [2.05, 4.69) is 20.5 Å². The van der Waals surface area contributed by atoms with Crippen molar-refractivity contribution in [3.8, 4) is 0 Å². The van der Waals surface area contributed by atoms with Crippen molar-refractivity contribution >= 4 is 22.6 Å². The molecule has 108 valence electrons. The second-order valence-corrected chi connectivity index (χ2v) is 5.07. The first kappa shape index (κ1) is 13.3. The fourth-order valence-electron chi connectivity index (χ4n) is 2.13. The first-order valence-corrected chi connectivity index (χ1v) is 6.74. The molecule has 0 saturated heterocycles. The first-order chi connectivity index (χ1) is 10.1. The lowest BCUT2D eigenvalue weighted by molar-refractivity contribution is -0.116. The highest BCUT2D eigenvalue weighted by Crippen LogP contribution is 2.18. The summed E-state index contributed by atoms with van der Waals surface area (Å²) in [6.45, 7) is 4.28. The number of nitrogens with zero attached hydrogens (tertiary/aromatic N) is 5. The van der Waals surface area contributed by atoms with Gasteiger partial charge in [-0.1, -0.05) is 0 Å². The van der Waals surface area contributed by atoms with E-state index in [1.807, 2.05) is 24.6 Å². The molecule has 0 atom stereocenters. The van der Waals surface area contributed by atoms with Gasteiger partial charge in [0.1, 0.15) is 6.54 Å². The summed E-state index contributed by atoms with van der Waals surface area (Å²) in [7, 11) is 0. The number of fused-ring (bicyclic) bond motifs is 1. The standard InChI is InChI=1S/C14H16N6O/c1-10(2)20-14-11(7-17-20)6-12(8-15-14)18-13(21)9-19-5-3-4-16-19/h3-8,10H,9H2,1-2H3,(H,18,21). The van der Waals surface area contributed by atoms with Gasteiger partial charge in [-0.2, -0.15) is 10.2 Å². The minimum absolute atomic E-state index is 0.142. The van der Waals surface area contributed by atoms with Gasteiger partial charge in [-0.15, -0.1) is 0 Å². The van der Waals surface area contributed by atoms with E-state index in [0.717, 1.165) is 11.0 Å². The van der Waals surface area contributed by atoms with Gasteiger partial charge in [0.15, 0.2) is 5.65 Å². The van der Waals surface area contributed by atoms with Gasteiger partial charge >= 0.3 is 0 Å². The summed E-state index contributed by atoms with van der Waals surface area (Å²) < 4.78 is 3.42. The molecule has 1 N–H and O–H groups in total.